The summed E-state index contributed by atoms with van der Waals surface area (Å²) in [6.45, 7) is 0. The summed E-state index contributed by atoms with van der Waals surface area (Å²) < 4.78 is 32.7. The molecule has 3 rings (SSSR count). The van der Waals surface area contributed by atoms with Crippen molar-refractivity contribution in [3.63, 3.8) is 0 Å². The first kappa shape index (κ1) is 15.0. The van der Waals surface area contributed by atoms with E-state index in [1.54, 1.807) is 6.07 Å². The van der Waals surface area contributed by atoms with Crippen molar-refractivity contribution in [2.24, 2.45) is 0 Å². The van der Waals surface area contributed by atoms with Gasteiger partial charge in [0.25, 0.3) is 0 Å². The van der Waals surface area contributed by atoms with Crippen LogP contribution in [0.4, 0.5) is 8.78 Å². The van der Waals surface area contributed by atoms with Crippen molar-refractivity contribution in [2.45, 2.75) is 31.6 Å². The van der Waals surface area contributed by atoms with E-state index in [0.29, 0.717) is 11.5 Å². The van der Waals surface area contributed by atoms with Crippen LogP contribution in [0.1, 0.15) is 37.2 Å². The summed E-state index contributed by atoms with van der Waals surface area (Å²) in [5.41, 5.74) is 2.23. The highest BCUT2D eigenvalue weighted by Gasteiger charge is 2.17. The zero-order chi connectivity index (χ0) is 15.5. The highest BCUT2D eigenvalue weighted by molar-refractivity contribution is 5.65. The molecule has 3 heteroatoms. The third-order valence-electron chi connectivity index (χ3n) is 4.40. The van der Waals surface area contributed by atoms with E-state index in [0.717, 1.165) is 12.8 Å². The van der Waals surface area contributed by atoms with E-state index in [2.05, 4.69) is 6.42 Å². The molecule has 0 amide bonds. The number of hydrogen-bond donors (Lipinski definition) is 0. The van der Waals surface area contributed by atoms with Gasteiger partial charge in [-0.25, -0.2) is 4.39 Å². The minimum Gasteiger partial charge on any atom is -0.494 e. The molecule has 1 aliphatic carbocycles. The average molecular weight is 301 g/mol. The molecule has 2 aromatic carbocycles. The largest absolute Gasteiger partial charge is 0.494 e. The molecule has 0 N–H and O–H groups in total. The van der Waals surface area contributed by atoms with E-state index in [4.69, 9.17) is 4.74 Å². The SMILES string of the molecule is COc1ccc(-c2ccc(C3CC[CH]CC3)cc2)c(F)c1F. The van der Waals surface area contributed by atoms with Crippen LogP contribution < -0.4 is 4.74 Å². The van der Waals surface area contributed by atoms with Crippen LogP contribution in [0.15, 0.2) is 36.4 Å². The predicted octanol–water partition coefficient (Wildman–Crippen LogP) is 5.50. The van der Waals surface area contributed by atoms with Gasteiger partial charge in [-0.1, -0.05) is 24.3 Å². The number of halogens is 2. The maximum Gasteiger partial charge on any atom is 0.201 e. The number of ether oxygens (including phenoxy) is 1. The van der Waals surface area contributed by atoms with Crippen molar-refractivity contribution >= 4 is 0 Å². The molecule has 1 saturated carbocycles. The zero-order valence-electron chi connectivity index (χ0n) is 12.6. The fourth-order valence-corrected chi connectivity index (χ4v) is 3.11. The summed E-state index contributed by atoms with van der Waals surface area (Å²) in [5.74, 6) is -1.29. The van der Waals surface area contributed by atoms with Crippen LogP contribution in [-0.2, 0) is 0 Å². The van der Waals surface area contributed by atoms with Crippen LogP contribution in [0.25, 0.3) is 11.1 Å². The summed E-state index contributed by atoms with van der Waals surface area (Å²) in [7, 11) is 1.33. The molecule has 0 aliphatic heterocycles. The quantitative estimate of drug-likeness (QED) is 0.727. The van der Waals surface area contributed by atoms with Gasteiger partial charge in [0.15, 0.2) is 11.6 Å². The third-order valence-corrected chi connectivity index (χ3v) is 4.40. The summed E-state index contributed by atoms with van der Waals surface area (Å²) in [4.78, 5) is 0. The fourth-order valence-electron chi connectivity index (χ4n) is 3.11. The van der Waals surface area contributed by atoms with Crippen LogP contribution >= 0.6 is 0 Å². The van der Waals surface area contributed by atoms with Gasteiger partial charge in [0, 0.05) is 5.56 Å². The maximum atomic E-state index is 14.1. The molecular formula is C19H19F2O. The predicted molar refractivity (Wildman–Crippen MR) is 83.9 cm³/mol. The first-order valence-corrected chi connectivity index (χ1v) is 7.64. The topological polar surface area (TPSA) is 9.23 Å². The monoisotopic (exact) mass is 301 g/mol. The molecule has 0 saturated heterocycles. The van der Waals surface area contributed by atoms with Crippen LogP contribution in [0.2, 0.25) is 0 Å². The van der Waals surface area contributed by atoms with E-state index in [1.165, 1.54) is 31.6 Å². The van der Waals surface area contributed by atoms with Crippen molar-refractivity contribution in [2.75, 3.05) is 7.11 Å². The van der Waals surface area contributed by atoms with Gasteiger partial charge in [-0.2, -0.15) is 4.39 Å². The fraction of sp³-hybridized carbons (Fsp3) is 0.316. The van der Waals surface area contributed by atoms with E-state index in [1.807, 2.05) is 24.3 Å². The van der Waals surface area contributed by atoms with Crippen molar-refractivity contribution in [1.29, 1.82) is 0 Å². The lowest BCUT2D eigenvalue weighted by Crippen LogP contribution is -2.04. The Morgan fingerprint density at radius 1 is 0.909 bits per heavy atom. The van der Waals surface area contributed by atoms with Crippen LogP contribution in [-0.4, -0.2) is 7.11 Å². The molecule has 1 nitrogen and oxygen atoms in total. The number of benzene rings is 2. The van der Waals surface area contributed by atoms with Crippen LogP contribution in [0.3, 0.4) is 0 Å². The normalized spacial score (nSPS) is 15.8. The highest BCUT2D eigenvalue weighted by atomic mass is 19.2. The standard InChI is InChI=1S/C19H19F2O/c1-22-17-12-11-16(18(20)19(17)21)15-9-7-14(8-10-15)13-5-3-2-4-6-13/h2,7-13H,3-6H2,1H3. The van der Waals surface area contributed by atoms with Gasteiger partial charge >= 0.3 is 0 Å². The molecule has 1 fully saturated rings. The summed E-state index contributed by atoms with van der Waals surface area (Å²) in [6.07, 6.45) is 6.99. The Bertz CT molecular complexity index is 643. The highest BCUT2D eigenvalue weighted by Crippen LogP contribution is 2.34. The molecular weight excluding hydrogens is 282 g/mol. The molecule has 0 unspecified atom stereocenters. The van der Waals surface area contributed by atoms with Gasteiger partial charge in [-0.15, -0.1) is 0 Å². The first-order chi connectivity index (χ1) is 10.7. The van der Waals surface area contributed by atoms with Gasteiger partial charge < -0.3 is 4.74 Å². The second-order valence-electron chi connectivity index (χ2n) is 5.71. The molecule has 115 valence electrons. The van der Waals surface area contributed by atoms with Gasteiger partial charge in [0.1, 0.15) is 0 Å². The van der Waals surface area contributed by atoms with Gasteiger partial charge in [-0.05, 0) is 61.3 Å². The van der Waals surface area contributed by atoms with Gasteiger partial charge in [0.2, 0.25) is 5.82 Å². The van der Waals surface area contributed by atoms with Crippen molar-refractivity contribution in [3.8, 4) is 16.9 Å². The minimum absolute atomic E-state index is 0.0728. The van der Waals surface area contributed by atoms with E-state index < -0.39 is 11.6 Å². The molecule has 0 atom stereocenters. The molecule has 0 bridgehead atoms. The number of hydrogen-bond acceptors (Lipinski definition) is 1. The Labute approximate surface area is 129 Å². The van der Waals surface area contributed by atoms with Gasteiger partial charge in [-0.3, -0.25) is 0 Å². The third kappa shape index (κ3) is 2.85. The van der Waals surface area contributed by atoms with E-state index in [-0.39, 0.29) is 11.3 Å². The van der Waals surface area contributed by atoms with E-state index in [9.17, 15) is 8.78 Å². The second kappa shape index (κ2) is 6.47. The zero-order valence-corrected chi connectivity index (χ0v) is 12.6. The molecule has 1 aliphatic rings. The Kier molecular flexibility index (Phi) is 4.41. The Hall–Kier alpha value is -1.90. The van der Waals surface area contributed by atoms with E-state index >= 15 is 0 Å². The smallest absolute Gasteiger partial charge is 0.201 e. The molecule has 2 aromatic rings. The molecule has 22 heavy (non-hydrogen) atoms. The van der Waals surface area contributed by atoms with Crippen molar-refractivity contribution in [1.82, 2.24) is 0 Å². The summed E-state index contributed by atoms with van der Waals surface area (Å²) in [6, 6.07) is 10.8. The average Bonchev–Trinajstić information content (AvgIpc) is 2.58. The second-order valence-corrected chi connectivity index (χ2v) is 5.71. The Balaban J connectivity index is 1.88. The summed E-state index contributed by atoms with van der Waals surface area (Å²) >= 11 is 0. The lowest BCUT2D eigenvalue weighted by Gasteiger charge is -2.22. The maximum absolute atomic E-state index is 14.1. The number of rotatable bonds is 3. The van der Waals surface area contributed by atoms with Crippen molar-refractivity contribution < 1.29 is 13.5 Å². The Morgan fingerprint density at radius 2 is 1.59 bits per heavy atom. The molecule has 0 heterocycles. The number of methoxy groups -OCH3 is 1. The van der Waals surface area contributed by atoms with Crippen LogP contribution in [0, 0.1) is 18.1 Å². The lowest BCUT2D eigenvalue weighted by atomic mass is 9.83. The molecule has 0 aromatic heterocycles. The lowest BCUT2D eigenvalue weighted by molar-refractivity contribution is 0.372. The summed E-state index contributed by atoms with van der Waals surface area (Å²) in [5, 5.41) is 0. The minimum atomic E-state index is -0.938. The van der Waals surface area contributed by atoms with Crippen LogP contribution in [0.5, 0.6) is 5.75 Å². The van der Waals surface area contributed by atoms with Gasteiger partial charge in [0.05, 0.1) is 7.11 Å². The first-order valence-electron chi connectivity index (χ1n) is 7.64. The molecule has 1 radical (unpaired) electrons. The Morgan fingerprint density at radius 3 is 2.23 bits per heavy atom. The molecule has 0 spiro atoms. The van der Waals surface area contributed by atoms with Crippen molar-refractivity contribution in [3.05, 3.63) is 60.0 Å².